The number of aromatic nitrogens is 2. The van der Waals surface area contributed by atoms with Crippen LogP contribution in [0.2, 0.25) is 0 Å². The van der Waals surface area contributed by atoms with Crippen LogP contribution in [0, 0.1) is 57.5 Å². The molecule has 3 saturated carbocycles. The van der Waals surface area contributed by atoms with E-state index in [0.29, 0.717) is 16.2 Å². The monoisotopic (exact) mass is 428 g/mol. The minimum Gasteiger partial charge on any atom is -0.359 e. The summed E-state index contributed by atoms with van der Waals surface area (Å²) in [6, 6.07) is 0. The summed E-state index contributed by atoms with van der Waals surface area (Å²) in [6.45, 7) is 12.5. The second kappa shape index (κ2) is 7.76. The number of fused-ring (bicyclic) bond motifs is 6. The van der Waals surface area contributed by atoms with Crippen LogP contribution < -0.4 is 4.90 Å². The molecule has 3 fully saturated rings. The Morgan fingerprint density at radius 2 is 1.81 bits per heavy atom. The fourth-order valence-electron chi connectivity index (χ4n) is 9.38. The highest BCUT2D eigenvalue weighted by molar-refractivity contribution is 5.19. The maximum absolute atomic E-state index is 12.2. The predicted octanol–water partition coefficient (Wildman–Crippen LogP) is 6.34. The largest absolute Gasteiger partial charge is 0.359 e. The highest BCUT2D eigenvalue weighted by Gasteiger charge is 2.61. The maximum atomic E-state index is 12.2. The van der Waals surface area contributed by atoms with Crippen LogP contribution in [-0.2, 0) is 12.8 Å². The molecule has 0 amide bonds. The zero-order valence-corrected chi connectivity index (χ0v) is 20.5. The third-order valence-corrected chi connectivity index (χ3v) is 11.0. The predicted molar refractivity (Wildman–Crippen MR) is 122 cm³/mol. The second-order valence-electron chi connectivity index (χ2n) is 12.9. The van der Waals surface area contributed by atoms with Gasteiger partial charge in [-0.25, -0.2) is 0 Å². The van der Waals surface area contributed by atoms with Gasteiger partial charge in [-0.3, -0.25) is 4.63 Å². The van der Waals surface area contributed by atoms with Crippen LogP contribution in [0.15, 0.2) is 4.63 Å². The van der Waals surface area contributed by atoms with Gasteiger partial charge in [0.05, 0.1) is 0 Å². The Morgan fingerprint density at radius 1 is 1.03 bits per heavy atom. The van der Waals surface area contributed by atoms with Crippen molar-refractivity contribution in [3.63, 3.8) is 0 Å². The molecule has 4 aliphatic rings. The molecule has 0 spiro atoms. The molecule has 0 aromatic carbocycles. The molecular weight excluding hydrogens is 384 g/mol. The first kappa shape index (κ1) is 21.8. The van der Waals surface area contributed by atoms with Gasteiger partial charge in [0.25, 0.3) is 0 Å². The standard InChI is InChI=1S/C27H44N2O2/c1-17(2)7-6-8-18(3)21-11-12-22-20-10-9-19-15-24-25(29(30)31-28-24)16-27(19,5)23(20)13-14-26(21,22)4/h17-23H,6-16H2,1-5H3/t18-,19+,20+,21+,22-,23-,26-,27+/m1/s1. The van der Waals surface area contributed by atoms with Crippen LogP contribution in [0.3, 0.4) is 0 Å². The molecule has 0 saturated heterocycles. The van der Waals surface area contributed by atoms with Crippen molar-refractivity contribution >= 4 is 0 Å². The Bertz CT molecular complexity index is 803. The van der Waals surface area contributed by atoms with Crippen LogP contribution in [0.25, 0.3) is 0 Å². The quantitative estimate of drug-likeness (QED) is 0.514. The average molecular weight is 429 g/mol. The van der Waals surface area contributed by atoms with E-state index in [2.05, 4.69) is 39.8 Å². The van der Waals surface area contributed by atoms with E-state index >= 15 is 0 Å². The van der Waals surface area contributed by atoms with E-state index < -0.39 is 0 Å². The Kier molecular flexibility index (Phi) is 5.45. The topological polar surface area (TPSA) is 53.0 Å². The van der Waals surface area contributed by atoms with Gasteiger partial charge in [0.1, 0.15) is 0 Å². The Morgan fingerprint density at radius 3 is 2.58 bits per heavy atom. The third kappa shape index (κ3) is 3.37. The molecule has 0 unspecified atom stereocenters. The lowest BCUT2D eigenvalue weighted by Gasteiger charge is -2.60. The van der Waals surface area contributed by atoms with Crippen LogP contribution in [0.4, 0.5) is 0 Å². The number of hydrogen-bond acceptors (Lipinski definition) is 3. The van der Waals surface area contributed by atoms with E-state index in [1.807, 2.05) is 0 Å². The van der Waals surface area contributed by atoms with Gasteiger partial charge in [0.2, 0.25) is 5.69 Å². The summed E-state index contributed by atoms with van der Waals surface area (Å²) in [5.74, 6) is 5.80. The van der Waals surface area contributed by atoms with Crippen molar-refractivity contribution in [3.05, 3.63) is 16.6 Å². The third-order valence-electron chi connectivity index (χ3n) is 11.0. The summed E-state index contributed by atoms with van der Waals surface area (Å²) in [6.07, 6.45) is 14.4. The van der Waals surface area contributed by atoms with Gasteiger partial charge in [0.15, 0.2) is 5.69 Å². The van der Waals surface area contributed by atoms with Crippen molar-refractivity contribution in [2.24, 2.45) is 52.3 Å². The Labute approximate surface area is 189 Å². The van der Waals surface area contributed by atoms with Crippen molar-refractivity contribution in [3.8, 4) is 0 Å². The molecule has 4 nitrogen and oxygen atoms in total. The van der Waals surface area contributed by atoms with Gasteiger partial charge < -0.3 is 5.21 Å². The van der Waals surface area contributed by atoms with Gasteiger partial charge in [-0.2, -0.15) is 0 Å². The molecule has 31 heavy (non-hydrogen) atoms. The summed E-state index contributed by atoms with van der Waals surface area (Å²) >= 11 is 0. The van der Waals surface area contributed by atoms with Crippen molar-refractivity contribution in [1.29, 1.82) is 0 Å². The minimum absolute atomic E-state index is 0.246. The van der Waals surface area contributed by atoms with Gasteiger partial charge >= 0.3 is 0 Å². The molecule has 0 radical (unpaired) electrons. The molecule has 0 N–H and O–H groups in total. The van der Waals surface area contributed by atoms with Crippen LogP contribution in [-0.4, -0.2) is 5.16 Å². The Hall–Kier alpha value is -1.06. The van der Waals surface area contributed by atoms with Gasteiger partial charge in [-0.1, -0.05) is 53.9 Å². The summed E-state index contributed by atoms with van der Waals surface area (Å²) in [5, 5.41) is 16.3. The lowest BCUT2D eigenvalue weighted by molar-refractivity contribution is -0.808. The molecular formula is C27H44N2O2. The van der Waals surface area contributed by atoms with Crippen LogP contribution in [0.1, 0.15) is 104 Å². The van der Waals surface area contributed by atoms with E-state index in [1.54, 1.807) is 0 Å². The molecule has 4 aliphatic carbocycles. The lowest BCUT2D eigenvalue weighted by atomic mass is 9.44. The smallest absolute Gasteiger partial charge is 0.221 e. The molecule has 0 bridgehead atoms. The van der Waals surface area contributed by atoms with Gasteiger partial charge in [-0.15, -0.1) is 0 Å². The normalized spacial score (nSPS) is 42.6. The second-order valence-corrected chi connectivity index (χ2v) is 12.9. The minimum atomic E-state index is 0.246. The van der Waals surface area contributed by atoms with Gasteiger partial charge in [-0.05, 0) is 95.7 Å². The molecule has 4 heteroatoms. The molecule has 0 aliphatic heterocycles. The lowest BCUT2D eigenvalue weighted by Crippen LogP contribution is -2.55. The fourth-order valence-corrected chi connectivity index (χ4v) is 9.38. The SMILES string of the molecule is CC(C)CCC[C@@H](C)[C@@H]1CC[C@@H]2[C@@H]3CC[C@H]4Cc5no[n+]([O-])c5C[C@]4(C)[C@@H]3CC[C@@]21C. The molecule has 1 aromatic rings. The number of rotatable bonds is 5. The van der Waals surface area contributed by atoms with Crippen molar-refractivity contribution in [1.82, 2.24) is 5.16 Å². The molecule has 1 aromatic heterocycles. The van der Waals surface area contributed by atoms with E-state index in [0.717, 1.165) is 59.7 Å². The van der Waals surface area contributed by atoms with Crippen molar-refractivity contribution in [2.75, 3.05) is 0 Å². The van der Waals surface area contributed by atoms with Crippen LogP contribution in [0.5, 0.6) is 0 Å². The highest BCUT2D eigenvalue weighted by Crippen LogP contribution is 2.67. The molecule has 174 valence electrons. The number of hydrogen-bond donors (Lipinski definition) is 0. The first-order chi connectivity index (χ1) is 14.7. The summed E-state index contributed by atoms with van der Waals surface area (Å²) < 4.78 is 4.99. The zero-order valence-electron chi connectivity index (χ0n) is 20.5. The van der Waals surface area contributed by atoms with E-state index in [4.69, 9.17) is 4.63 Å². The summed E-state index contributed by atoms with van der Waals surface area (Å²) in [7, 11) is 0. The fraction of sp³-hybridized carbons (Fsp3) is 0.926. The molecule has 8 atom stereocenters. The van der Waals surface area contributed by atoms with Crippen molar-refractivity contribution in [2.45, 2.75) is 105 Å². The maximum Gasteiger partial charge on any atom is 0.221 e. The first-order valence-electron chi connectivity index (χ1n) is 13.3. The highest BCUT2D eigenvalue weighted by atomic mass is 16.8. The van der Waals surface area contributed by atoms with Crippen LogP contribution >= 0.6 is 0 Å². The van der Waals surface area contributed by atoms with E-state index in [1.165, 1.54) is 57.8 Å². The van der Waals surface area contributed by atoms with E-state index in [-0.39, 0.29) is 5.41 Å². The summed E-state index contributed by atoms with van der Waals surface area (Å²) in [4.78, 5) is 0.706. The van der Waals surface area contributed by atoms with E-state index in [9.17, 15) is 5.21 Å². The molecule has 1 heterocycles. The summed E-state index contributed by atoms with van der Waals surface area (Å²) in [5.41, 5.74) is 2.55. The average Bonchev–Trinajstić information content (AvgIpc) is 3.25. The molecule has 5 rings (SSSR count). The first-order valence-corrected chi connectivity index (χ1v) is 13.3. The zero-order chi connectivity index (χ0) is 22.0. The Balaban J connectivity index is 1.34. The van der Waals surface area contributed by atoms with Crippen molar-refractivity contribution < 1.29 is 9.53 Å². The number of nitrogens with zero attached hydrogens (tertiary/aromatic N) is 2. The van der Waals surface area contributed by atoms with Gasteiger partial charge in [0, 0.05) is 18.0 Å².